The fourth-order valence-electron chi connectivity index (χ4n) is 4.32. The van der Waals surface area contributed by atoms with E-state index in [9.17, 15) is 0 Å². The minimum absolute atomic E-state index is 0.636. The second-order valence-corrected chi connectivity index (χ2v) is 7.44. The molecule has 15 heavy (non-hydrogen) atoms. The Morgan fingerprint density at radius 1 is 1.47 bits per heavy atom. The minimum Gasteiger partial charge on any atom is -0.294 e. The van der Waals surface area contributed by atoms with Crippen LogP contribution in [0.5, 0.6) is 0 Å². The molecule has 0 bridgehead atoms. The first-order valence-electron chi connectivity index (χ1n) is 6.60. The fourth-order valence-corrected chi connectivity index (χ4v) is 5.94. The van der Waals surface area contributed by atoms with Gasteiger partial charge in [0.25, 0.3) is 0 Å². The highest BCUT2D eigenvalue weighted by atomic mass is 32.2. The Labute approximate surface area is 98.0 Å². The standard InChI is InChI=1S/C13H23NS/c1-10(2)8-13-5-3-6-14(13)11-4-7-15-12(11)9-13/h10-12H,3-9H2,1-2H3/t11-,12-,13-/m0/s1. The topological polar surface area (TPSA) is 3.24 Å². The Balaban J connectivity index is 1.82. The molecule has 0 aromatic carbocycles. The van der Waals surface area contributed by atoms with Crippen molar-refractivity contribution >= 4 is 11.8 Å². The lowest BCUT2D eigenvalue weighted by Gasteiger charge is -2.36. The molecule has 3 aliphatic rings. The van der Waals surface area contributed by atoms with Gasteiger partial charge in [-0.3, -0.25) is 4.90 Å². The van der Waals surface area contributed by atoms with E-state index in [0.29, 0.717) is 5.54 Å². The van der Waals surface area contributed by atoms with Crippen molar-refractivity contribution in [1.82, 2.24) is 4.90 Å². The van der Waals surface area contributed by atoms with E-state index < -0.39 is 0 Å². The van der Waals surface area contributed by atoms with Gasteiger partial charge in [-0.25, -0.2) is 0 Å². The van der Waals surface area contributed by atoms with E-state index in [0.717, 1.165) is 17.2 Å². The van der Waals surface area contributed by atoms with Crippen LogP contribution >= 0.6 is 11.8 Å². The van der Waals surface area contributed by atoms with Gasteiger partial charge >= 0.3 is 0 Å². The number of thioether (sulfide) groups is 1. The van der Waals surface area contributed by atoms with Crippen molar-refractivity contribution in [3.63, 3.8) is 0 Å². The highest BCUT2D eigenvalue weighted by Gasteiger charge is 2.54. The van der Waals surface area contributed by atoms with E-state index in [1.54, 1.807) is 0 Å². The lowest BCUT2D eigenvalue weighted by atomic mass is 9.85. The van der Waals surface area contributed by atoms with Crippen molar-refractivity contribution < 1.29 is 0 Å². The summed E-state index contributed by atoms with van der Waals surface area (Å²) in [6.07, 6.45) is 7.36. The highest BCUT2D eigenvalue weighted by molar-refractivity contribution is 8.00. The molecule has 3 heterocycles. The van der Waals surface area contributed by atoms with Crippen LogP contribution in [-0.4, -0.2) is 34.0 Å². The molecule has 0 radical (unpaired) electrons. The first-order chi connectivity index (χ1) is 7.21. The molecule has 0 unspecified atom stereocenters. The third kappa shape index (κ3) is 1.56. The minimum atomic E-state index is 0.636. The van der Waals surface area contributed by atoms with E-state index in [4.69, 9.17) is 0 Å². The van der Waals surface area contributed by atoms with Gasteiger partial charge in [0.05, 0.1) is 0 Å². The molecule has 0 aromatic heterocycles. The zero-order chi connectivity index (χ0) is 10.5. The van der Waals surface area contributed by atoms with Crippen LogP contribution in [0, 0.1) is 5.92 Å². The monoisotopic (exact) mass is 225 g/mol. The summed E-state index contributed by atoms with van der Waals surface area (Å²) in [4.78, 5) is 2.91. The van der Waals surface area contributed by atoms with Gasteiger partial charge in [-0.2, -0.15) is 11.8 Å². The molecule has 1 nitrogen and oxygen atoms in total. The van der Waals surface area contributed by atoms with E-state index in [2.05, 4.69) is 30.5 Å². The zero-order valence-electron chi connectivity index (χ0n) is 10.0. The lowest BCUT2D eigenvalue weighted by Crippen LogP contribution is -2.43. The Kier molecular flexibility index (Phi) is 2.55. The number of rotatable bonds is 2. The summed E-state index contributed by atoms with van der Waals surface area (Å²) in [5, 5.41) is 0.990. The molecule has 3 fully saturated rings. The van der Waals surface area contributed by atoms with E-state index in [1.165, 1.54) is 44.4 Å². The Bertz CT molecular complexity index is 253. The van der Waals surface area contributed by atoms with Gasteiger partial charge in [0.1, 0.15) is 0 Å². The molecule has 3 atom stereocenters. The molecule has 0 N–H and O–H groups in total. The number of hydrogen-bond acceptors (Lipinski definition) is 2. The number of hydrogen-bond donors (Lipinski definition) is 0. The van der Waals surface area contributed by atoms with E-state index in [-0.39, 0.29) is 0 Å². The van der Waals surface area contributed by atoms with Crippen molar-refractivity contribution in [3.8, 4) is 0 Å². The van der Waals surface area contributed by atoms with E-state index in [1.807, 2.05) is 0 Å². The first-order valence-corrected chi connectivity index (χ1v) is 7.64. The van der Waals surface area contributed by atoms with Crippen LogP contribution in [0.25, 0.3) is 0 Å². The molecule has 2 heteroatoms. The molecule has 3 rings (SSSR count). The lowest BCUT2D eigenvalue weighted by molar-refractivity contribution is 0.126. The predicted octanol–water partition coefficient (Wildman–Crippen LogP) is 3.14. The molecule has 0 saturated carbocycles. The van der Waals surface area contributed by atoms with E-state index >= 15 is 0 Å². The van der Waals surface area contributed by atoms with Crippen LogP contribution in [0.3, 0.4) is 0 Å². The van der Waals surface area contributed by atoms with Crippen LogP contribution in [-0.2, 0) is 0 Å². The van der Waals surface area contributed by atoms with Gasteiger partial charge in [-0.1, -0.05) is 13.8 Å². The third-order valence-corrected chi connectivity index (χ3v) is 5.98. The van der Waals surface area contributed by atoms with Crippen LogP contribution in [0.4, 0.5) is 0 Å². The average Bonchev–Trinajstić information content (AvgIpc) is 2.72. The van der Waals surface area contributed by atoms with Gasteiger partial charge in [-0.05, 0) is 50.3 Å². The van der Waals surface area contributed by atoms with Crippen LogP contribution in [0.1, 0.15) is 46.0 Å². The van der Waals surface area contributed by atoms with Gasteiger partial charge < -0.3 is 0 Å². The van der Waals surface area contributed by atoms with Gasteiger partial charge in [0.2, 0.25) is 0 Å². The molecular weight excluding hydrogens is 202 g/mol. The fraction of sp³-hybridized carbons (Fsp3) is 1.00. The van der Waals surface area contributed by atoms with Gasteiger partial charge in [-0.15, -0.1) is 0 Å². The number of nitrogens with zero attached hydrogens (tertiary/aromatic N) is 1. The summed E-state index contributed by atoms with van der Waals surface area (Å²) in [6.45, 7) is 6.19. The highest BCUT2D eigenvalue weighted by Crippen LogP contribution is 2.53. The third-order valence-electron chi connectivity index (χ3n) is 4.59. The Morgan fingerprint density at radius 2 is 2.33 bits per heavy atom. The smallest absolute Gasteiger partial charge is 0.0228 e. The summed E-state index contributed by atoms with van der Waals surface area (Å²) in [5.41, 5.74) is 0.636. The summed E-state index contributed by atoms with van der Waals surface area (Å²) in [6, 6.07) is 0.955. The van der Waals surface area contributed by atoms with Crippen molar-refractivity contribution in [2.45, 2.75) is 62.8 Å². The second kappa shape index (κ2) is 3.66. The summed E-state index contributed by atoms with van der Waals surface area (Å²) in [5.74, 6) is 2.29. The SMILES string of the molecule is CC(C)C[C@]12CCCN1[C@H]1CCS[C@H]1C2. The molecular formula is C13H23NS. The zero-order valence-corrected chi connectivity index (χ0v) is 10.9. The van der Waals surface area contributed by atoms with Crippen molar-refractivity contribution in [2.24, 2.45) is 5.92 Å². The maximum Gasteiger partial charge on any atom is 0.0228 e. The van der Waals surface area contributed by atoms with Gasteiger partial charge in [0, 0.05) is 16.8 Å². The Morgan fingerprint density at radius 3 is 3.13 bits per heavy atom. The molecule has 3 aliphatic heterocycles. The van der Waals surface area contributed by atoms with Gasteiger partial charge in [0.15, 0.2) is 0 Å². The molecule has 0 amide bonds. The maximum atomic E-state index is 2.91. The maximum absolute atomic E-state index is 2.91. The summed E-state index contributed by atoms with van der Waals surface area (Å²) in [7, 11) is 0. The average molecular weight is 225 g/mol. The van der Waals surface area contributed by atoms with Crippen molar-refractivity contribution in [1.29, 1.82) is 0 Å². The van der Waals surface area contributed by atoms with Crippen molar-refractivity contribution in [3.05, 3.63) is 0 Å². The largest absolute Gasteiger partial charge is 0.294 e. The second-order valence-electron chi connectivity index (χ2n) is 6.09. The normalized spacial score (nSPS) is 45.0. The summed E-state index contributed by atoms with van der Waals surface area (Å²) < 4.78 is 0. The molecule has 3 saturated heterocycles. The number of fused-ring (bicyclic) bond motifs is 3. The molecule has 0 aromatic rings. The summed E-state index contributed by atoms with van der Waals surface area (Å²) >= 11 is 2.25. The van der Waals surface area contributed by atoms with Crippen LogP contribution in [0.2, 0.25) is 0 Å². The van der Waals surface area contributed by atoms with Crippen LogP contribution in [0.15, 0.2) is 0 Å². The van der Waals surface area contributed by atoms with Crippen LogP contribution < -0.4 is 0 Å². The van der Waals surface area contributed by atoms with Crippen molar-refractivity contribution in [2.75, 3.05) is 12.3 Å². The first kappa shape index (κ1) is 10.5. The quantitative estimate of drug-likeness (QED) is 0.710. The predicted molar refractivity (Wildman–Crippen MR) is 67.4 cm³/mol. The Hall–Kier alpha value is 0.310. The molecule has 0 aliphatic carbocycles. The molecule has 0 spiro atoms. The molecule has 86 valence electrons.